The Hall–Kier alpha value is -2.10. The van der Waals surface area contributed by atoms with Crippen molar-refractivity contribution in [1.82, 2.24) is 5.32 Å². The van der Waals surface area contributed by atoms with Crippen LogP contribution in [0.1, 0.15) is 25.3 Å². The highest BCUT2D eigenvalue weighted by Crippen LogP contribution is 2.01. The average Bonchev–Trinajstić information content (AvgIpc) is 2.37. The van der Waals surface area contributed by atoms with Crippen LogP contribution in [-0.2, 0) is 9.59 Å². The highest BCUT2D eigenvalue weighted by Gasteiger charge is 2.17. The molecule has 18 heavy (non-hydrogen) atoms. The lowest BCUT2D eigenvalue weighted by atomic mass is 10.1. The Bertz CT molecular complexity index is 426. The van der Waals surface area contributed by atoms with Crippen LogP contribution in [0.15, 0.2) is 36.4 Å². The van der Waals surface area contributed by atoms with Crippen LogP contribution in [0, 0.1) is 0 Å². The minimum absolute atomic E-state index is 0.389. The molecule has 0 spiro atoms. The third-order valence-corrected chi connectivity index (χ3v) is 2.42. The van der Waals surface area contributed by atoms with Gasteiger partial charge in [0.1, 0.15) is 6.04 Å². The van der Waals surface area contributed by atoms with Gasteiger partial charge in [-0.05, 0) is 18.1 Å². The summed E-state index contributed by atoms with van der Waals surface area (Å²) in [7, 11) is 0. The van der Waals surface area contributed by atoms with Crippen LogP contribution in [0.2, 0.25) is 0 Å². The standard InChI is InChI=1S/C14H17NO3/c1-2-6-12(14(17)18)15-13(16)10-9-11-7-4-3-5-8-11/h3-5,7-10,12H,2,6H2,1H3,(H,15,16)(H,17,18)/b10-9+. The van der Waals surface area contributed by atoms with E-state index in [1.165, 1.54) is 6.08 Å². The Morgan fingerprint density at radius 3 is 2.56 bits per heavy atom. The van der Waals surface area contributed by atoms with Gasteiger partial charge in [0, 0.05) is 6.08 Å². The maximum Gasteiger partial charge on any atom is 0.326 e. The van der Waals surface area contributed by atoms with Gasteiger partial charge in [-0.15, -0.1) is 0 Å². The summed E-state index contributed by atoms with van der Waals surface area (Å²) in [5, 5.41) is 11.4. The number of carboxylic acid groups (broad SMARTS) is 1. The summed E-state index contributed by atoms with van der Waals surface area (Å²) in [6, 6.07) is 8.54. The number of rotatable bonds is 6. The van der Waals surface area contributed by atoms with Crippen molar-refractivity contribution in [2.75, 3.05) is 0 Å². The molecule has 0 aromatic heterocycles. The van der Waals surface area contributed by atoms with Crippen molar-refractivity contribution < 1.29 is 14.7 Å². The van der Waals surface area contributed by atoms with Gasteiger partial charge in [-0.1, -0.05) is 43.7 Å². The van der Waals surface area contributed by atoms with E-state index in [9.17, 15) is 9.59 Å². The number of benzene rings is 1. The molecule has 1 atom stereocenters. The highest BCUT2D eigenvalue weighted by molar-refractivity contribution is 5.94. The zero-order valence-corrected chi connectivity index (χ0v) is 10.3. The van der Waals surface area contributed by atoms with Gasteiger partial charge in [0.15, 0.2) is 0 Å². The molecule has 1 rings (SSSR count). The fourth-order valence-corrected chi connectivity index (χ4v) is 1.50. The van der Waals surface area contributed by atoms with Gasteiger partial charge in [0.2, 0.25) is 5.91 Å². The van der Waals surface area contributed by atoms with Gasteiger partial charge < -0.3 is 10.4 Å². The molecule has 4 heteroatoms. The quantitative estimate of drug-likeness (QED) is 0.756. The number of carboxylic acids is 1. The summed E-state index contributed by atoms with van der Waals surface area (Å²) >= 11 is 0. The summed E-state index contributed by atoms with van der Waals surface area (Å²) < 4.78 is 0. The first kappa shape index (κ1) is 14.0. The zero-order chi connectivity index (χ0) is 13.4. The Kier molecular flexibility index (Phi) is 5.64. The zero-order valence-electron chi connectivity index (χ0n) is 10.3. The largest absolute Gasteiger partial charge is 0.480 e. The second-order valence-corrected chi connectivity index (χ2v) is 3.93. The lowest BCUT2D eigenvalue weighted by Crippen LogP contribution is -2.39. The van der Waals surface area contributed by atoms with Gasteiger partial charge in [0.05, 0.1) is 0 Å². The molecule has 0 aliphatic carbocycles. The van der Waals surface area contributed by atoms with Gasteiger partial charge in [-0.3, -0.25) is 4.79 Å². The minimum Gasteiger partial charge on any atom is -0.480 e. The summed E-state index contributed by atoms with van der Waals surface area (Å²) in [5.41, 5.74) is 0.898. The van der Waals surface area contributed by atoms with Crippen molar-refractivity contribution in [1.29, 1.82) is 0 Å². The second kappa shape index (κ2) is 7.27. The van der Waals surface area contributed by atoms with Crippen LogP contribution in [0.3, 0.4) is 0 Å². The van der Waals surface area contributed by atoms with E-state index in [1.54, 1.807) is 6.08 Å². The normalized spacial score (nSPS) is 12.3. The molecule has 2 N–H and O–H groups in total. The second-order valence-electron chi connectivity index (χ2n) is 3.93. The first-order chi connectivity index (χ1) is 8.63. The Labute approximate surface area is 106 Å². The van der Waals surface area contributed by atoms with E-state index in [2.05, 4.69) is 5.32 Å². The minimum atomic E-state index is -1.00. The lowest BCUT2D eigenvalue weighted by molar-refractivity contribution is -0.141. The molecule has 0 aliphatic rings. The number of hydrogen-bond donors (Lipinski definition) is 2. The smallest absolute Gasteiger partial charge is 0.326 e. The van der Waals surface area contributed by atoms with Gasteiger partial charge >= 0.3 is 5.97 Å². The van der Waals surface area contributed by atoms with Crippen molar-refractivity contribution in [3.05, 3.63) is 42.0 Å². The molecule has 0 saturated heterocycles. The van der Waals surface area contributed by atoms with Crippen molar-refractivity contribution in [3.63, 3.8) is 0 Å². The number of carbonyl (C=O) groups is 2. The van der Waals surface area contributed by atoms with Gasteiger partial charge in [-0.25, -0.2) is 4.79 Å². The van der Waals surface area contributed by atoms with E-state index < -0.39 is 12.0 Å². The molecule has 1 amide bonds. The molecule has 1 aromatic rings. The lowest BCUT2D eigenvalue weighted by Gasteiger charge is -2.11. The third-order valence-electron chi connectivity index (χ3n) is 2.42. The summed E-state index contributed by atoms with van der Waals surface area (Å²) in [6.45, 7) is 1.88. The van der Waals surface area contributed by atoms with E-state index in [1.807, 2.05) is 37.3 Å². The topological polar surface area (TPSA) is 66.4 Å². The molecule has 0 fully saturated rings. The van der Waals surface area contributed by atoms with E-state index in [4.69, 9.17) is 5.11 Å². The SMILES string of the molecule is CCCC(NC(=O)/C=C/c1ccccc1)C(=O)O. The number of aliphatic carboxylic acids is 1. The Balaban J connectivity index is 2.55. The molecular weight excluding hydrogens is 230 g/mol. The van der Waals surface area contributed by atoms with Crippen LogP contribution in [0.25, 0.3) is 6.08 Å². The summed E-state index contributed by atoms with van der Waals surface area (Å²) in [6.07, 6.45) is 4.14. The predicted octanol–water partition coefficient (Wildman–Crippen LogP) is 2.07. The van der Waals surface area contributed by atoms with Gasteiger partial charge in [0.25, 0.3) is 0 Å². The number of carbonyl (C=O) groups excluding carboxylic acids is 1. The monoisotopic (exact) mass is 247 g/mol. The van der Waals surface area contributed by atoms with Crippen molar-refractivity contribution in [2.45, 2.75) is 25.8 Å². The van der Waals surface area contributed by atoms with Crippen LogP contribution in [0.5, 0.6) is 0 Å². The van der Waals surface area contributed by atoms with Crippen LogP contribution in [-0.4, -0.2) is 23.0 Å². The van der Waals surface area contributed by atoms with Crippen molar-refractivity contribution >= 4 is 18.0 Å². The van der Waals surface area contributed by atoms with E-state index >= 15 is 0 Å². The molecule has 1 aromatic carbocycles. The van der Waals surface area contributed by atoms with Crippen molar-refractivity contribution in [2.24, 2.45) is 0 Å². The molecular formula is C14H17NO3. The molecule has 0 bridgehead atoms. The molecule has 96 valence electrons. The van der Waals surface area contributed by atoms with Crippen LogP contribution < -0.4 is 5.32 Å². The van der Waals surface area contributed by atoms with E-state index in [0.29, 0.717) is 12.8 Å². The van der Waals surface area contributed by atoms with Crippen LogP contribution in [0.4, 0.5) is 0 Å². The molecule has 0 aliphatic heterocycles. The summed E-state index contributed by atoms with van der Waals surface area (Å²) in [5.74, 6) is -1.39. The Morgan fingerprint density at radius 1 is 1.33 bits per heavy atom. The molecule has 0 radical (unpaired) electrons. The number of hydrogen-bond acceptors (Lipinski definition) is 2. The van der Waals surface area contributed by atoms with Crippen LogP contribution >= 0.6 is 0 Å². The highest BCUT2D eigenvalue weighted by atomic mass is 16.4. The maximum atomic E-state index is 11.5. The third kappa shape index (κ3) is 4.82. The van der Waals surface area contributed by atoms with Crippen molar-refractivity contribution in [3.8, 4) is 0 Å². The van der Waals surface area contributed by atoms with Gasteiger partial charge in [-0.2, -0.15) is 0 Å². The predicted molar refractivity (Wildman–Crippen MR) is 70.0 cm³/mol. The van der Waals surface area contributed by atoms with E-state index in [0.717, 1.165) is 5.56 Å². The fraction of sp³-hybridized carbons (Fsp3) is 0.286. The first-order valence-corrected chi connectivity index (χ1v) is 5.90. The first-order valence-electron chi connectivity index (χ1n) is 5.90. The van der Waals surface area contributed by atoms with E-state index in [-0.39, 0.29) is 5.91 Å². The summed E-state index contributed by atoms with van der Waals surface area (Å²) in [4.78, 5) is 22.4. The Morgan fingerprint density at radius 2 is 2.00 bits per heavy atom. The fourth-order valence-electron chi connectivity index (χ4n) is 1.50. The molecule has 0 heterocycles. The number of nitrogens with one attached hydrogen (secondary N) is 1. The maximum absolute atomic E-state index is 11.5. The number of amides is 1. The molecule has 0 saturated carbocycles. The molecule has 1 unspecified atom stereocenters. The average molecular weight is 247 g/mol. The molecule has 4 nitrogen and oxygen atoms in total.